The van der Waals surface area contributed by atoms with Crippen molar-refractivity contribution in [2.75, 3.05) is 37.6 Å². The molecule has 0 saturated heterocycles. The van der Waals surface area contributed by atoms with Crippen LogP contribution in [0.4, 0.5) is 5.69 Å². The van der Waals surface area contributed by atoms with Gasteiger partial charge in [0.1, 0.15) is 12.4 Å². The third kappa shape index (κ3) is 6.33. The molecule has 0 spiro atoms. The van der Waals surface area contributed by atoms with Crippen LogP contribution in [0.5, 0.6) is 11.5 Å². The number of rotatable bonds is 10. The largest absolute Gasteiger partial charge is 0.493 e. The first kappa shape index (κ1) is 21.9. The fraction of sp³-hybridized carbons (Fsp3) is 0.526. The maximum absolute atomic E-state index is 5.66. The highest BCUT2D eigenvalue weighted by Gasteiger charge is 2.09. The van der Waals surface area contributed by atoms with Gasteiger partial charge in [-0.05, 0) is 44.4 Å². The molecule has 154 valence electrons. The number of thioether (sulfide) groups is 1. The van der Waals surface area contributed by atoms with Gasteiger partial charge in [0.05, 0.1) is 13.7 Å². The van der Waals surface area contributed by atoms with Gasteiger partial charge in [0.25, 0.3) is 0 Å². The van der Waals surface area contributed by atoms with E-state index in [0.29, 0.717) is 30.6 Å². The molecule has 9 heteroatoms. The minimum absolute atomic E-state index is 0.434. The van der Waals surface area contributed by atoms with Crippen molar-refractivity contribution in [2.24, 2.45) is 12.0 Å². The number of guanidine groups is 1. The summed E-state index contributed by atoms with van der Waals surface area (Å²) in [7, 11) is 3.57. The second-order valence-electron chi connectivity index (χ2n) is 6.08. The minimum atomic E-state index is 0.434. The zero-order chi connectivity index (χ0) is 20.4. The number of benzene rings is 1. The molecule has 1 aromatic carbocycles. The van der Waals surface area contributed by atoms with Gasteiger partial charge < -0.3 is 24.7 Å². The normalized spacial score (nSPS) is 11.4. The SMILES string of the molecule is CCOc1cc(NC(=NCc2nnc(C)n2C)NCCCSC)ccc1OC. The van der Waals surface area contributed by atoms with Crippen molar-refractivity contribution in [3.8, 4) is 11.5 Å². The van der Waals surface area contributed by atoms with E-state index >= 15 is 0 Å². The number of nitrogens with zero attached hydrogens (tertiary/aromatic N) is 4. The second-order valence-corrected chi connectivity index (χ2v) is 7.07. The van der Waals surface area contributed by atoms with Gasteiger partial charge in [-0.2, -0.15) is 11.8 Å². The smallest absolute Gasteiger partial charge is 0.196 e. The number of aliphatic imine (C=N–C) groups is 1. The van der Waals surface area contributed by atoms with E-state index in [2.05, 4.69) is 32.1 Å². The number of anilines is 1. The Hall–Kier alpha value is -2.42. The molecule has 0 radical (unpaired) electrons. The summed E-state index contributed by atoms with van der Waals surface area (Å²) in [6.07, 6.45) is 3.16. The maximum atomic E-state index is 5.66. The Morgan fingerprint density at radius 1 is 1.29 bits per heavy atom. The number of aromatic nitrogens is 3. The van der Waals surface area contributed by atoms with Gasteiger partial charge in [0, 0.05) is 25.3 Å². The fourth-order valence-corrected chi connectivity index (χ4v) is 2.89. The number of nitrogens with one attached hydrogen (secondary N) is 2. The molecule has 0 aliphatic heterocycles. The highest BCUT2D eigenvalue weighted by molar-refractivity contribution is 7.98. The lowest BCUT2D eigenvalue weighted by Gasteiger charge is -2.15. The summed E-state index contributed by atoms with van der Waals surface area (Å²) >= 11 is 1.83. The Morgan fingerprint density at radius 2 is 2.11 bits per heavy atom. The molecule has 0 unspecified atom stereocenters. The Labute approximate surface area is 171 Å². The standard InChI is InChI=1S/C19H30N6O2S/c1-6-27-17-12-15(8-9-16(17)26-4)22-19(20-10-7-11-28-5)21-13-18-24-23-14(2)25(18)3/h8-9,12H,6-7,10-11,13H2,1-5H3,(H2,20,21,22). The summed E-state index contributed by atoms with van der Waals surface area (Å²) in [6, 6.07) is 5.73. The maximum Gasteiger partial charge on any atom is 0.196 e. The lowest BCUT2D eigenvalue weighted by atomic mass is 10.2. The predicted molar refractivity (Wildman–Crippen MR) is 116 cm³/mol. The van der Waals surface area contributed by atoms with Crippen molar-refractivity contribution in [1.82, 2.24) is 20.1 Å². The van der Waals surface area contributed by atoms with E-state index in [1.165, 1.54) is 0 Å². The molecule has 0 bridgehead atoms. The Bertz CT molecular complexity index is 778. The van der Waals surface area contributed by atoms with Gasteiger partial charge in [-0.25, -0.2) is 4.99 Å². The molecule has 2 rings (SSSR count). The zero-order valence-corrected chi connectivity index (χ0v) is 18.1. The number of hydrogen-bond acceptors (Lipinski definition) is 6. The molecule has 0 aliphatic rings. The molecule has 28 heavy (non-hydrogen) atoms. The van der Waals surface area contributed by atoms with Crippen LogP contribution in [0, 0.1) is 6.92 Å². The van der Waals surface area contributed by atoms with E-state index in [1.54, 1.807) is 7.11 Å². The van der Waals surface area contributed by atoms with Gasteiger partial charge in [-0.15, -0.1) is 10.2 Å². The van der Waals surface area contributed by atoms with E-state index in [1.807, 2.05) is 55.4 Å². The molecular weight excluding hydrogens is 376 g/mol. The molecule has 8 nitrogen and oxygen atoms in total. The van der Waals surface area contributed by atoms with Crippen LogP contribution < -0.4 is 20.1 Å². The van der Waals surface area contributed by atoms with Crippen LogP contribution in [0.25, 0.3) is 0 Å². The Balaban J connectivity index is 2.15. The van der Waals surface area contributed by atoms with Crippen molar-refractivity contribution in [3.63, 3.8) is 0 Å². The van der Waals surface area contributed by atoms with Crippen LogP contribution in [-0.4, -0.2) is 53.0 Å². The van der Waals surface area contributed by atoms with Crippen molar-refractivity contribution in [1.29, 1.82) is 0 Å². The highest BCUT2D eigenvalue weighted by Crippen LogP contribution is 2.30. The molecule has 1 heterocycles. The van der Waals surface area contributed by atoms with Crippen LogP contribution in [-0.2, 0) is 13.6 Å². The highest BCUT2D eigenvalue weighted by atomic mass is 32.2. The van der Waals surface area contributed by atoms with Gasteiger partial charge >= 0.3 is 0 Å². The van der Waals surface area contributed by atoms with Crippen molar-refractivity contribution >= 4 is 23.4 Å². The van der Waals surface area contributed by atoms with E-state index in [4.69, 9.17) is 9.47 Å². The molecule has 0 aliphatic carbocycles. The van der Waals surface area contributed by atoms with E-state index < -0.39 is 0 Å². The molecule has 0 fully saturated rings. The van der Waals surface area contributed by atoms with E-state index in [0.717, 1.165) is 36.1 Å². The van der Waals surface area contributed by atoms with Gasteiger partial charge in [-0.1, -0.05) is 0 Å². The number of ether oxygens (including phenoxy) is 2. The first-order chi connectivity index (χ1) is 13.6. The molecular formula is C19H30N6O2S. The molecule has 0 saturated carbocycles. The van der Waals surface area contributed by atoms with Crippen LogP contribution in [0.15, 0.2) is 23.2 Å². The van der Waals surface area contributed by atoms with E-state index in [-0.39, 0.29) is 0 Å². The molecule has 1 aromatic heterocycles. The average Bonchev–Trinajstić information content (AvgIpc) is 3.01. The number of aryl methyl sites for hydroxylation is 1. The summed E-state index contributed by atoms with van der Waals surface area (Å²) in [5, 5.41) is 15.0. The number of hydrogen-bond donors (Lipinski definition) is 2. The lowest BCUT2D eigenvalue weighted by Crippen LogP contribution is -2.32. The molecule has 2 aromatic rings. The van der Waals surface area contributed by atoms with Crippen LogP contribution in [0.2, 0.25) is 0 Å². The first-order valence-corrected chi connectivity index (χ1v) is 10.7. The van der Waals surface area contributed by atoms with Crippen LogP contribution >= 0.6 is 11.8 Å². The van der Waals surface area contributed by atoms with Gasteiger partial charge in [0.2, 0.25) is 0 Å². The fourth-order valence-electron chi connectivity index (χ4n) is 2.46. The van der Waals surface area contributed by atoms with Gasteiger partial charge in [0.15, 0.2) is 23.3 Å². The monoisotopic (exact) mass is 406 g/mol. The lowest BCUT2D eigenvalue weighted by molar-refractivity contribution is 0.311. The average molecular weight is 407 g/mol. The molecule has 0 amide bonds. The minimum Gasteiger partial charge on any atom is -0.493 e. The summed E-state index contributed by atoms with van der Waals surface area (Å²) in [4.78, 5) is 4.67. The Morgan fingerprint density at radius 3 is 2.75 bits per heavy atom. The second kappa shape index (κ2) is 11.4. The topological polar surface area (TPSA) is 85.6 Å². The first-order valence-electron chi connectivity index (χ1n) is 9.29. The van der Waals surface area contributed by atoms with Gasteiger partial charge in [-0.3, -0.25) is 0 Å². The third-order valence-electron chi connectivity index (χ3n) is 4.11. The summed E-state index contributed by atoms with van der Waals surface area (Å²) in [5.41, 5.74) is 0.870. The summed E-state index contributed by atoms with van der Waals surface area (Å²) in [5.74, 6) is 4.86. The zero-order valence-electron chi connectivity index (χ0n) is 17.3. The van der Waals surface area contributed by atoms with Crippen LogP contribution in [0.3, 0.4) is 0 Å². The molecule has 0 atom stereocenters. The number of methoxy groups -OCH3 is 1. The summed E-state index contributed by atoms with van der Waals surface area (Å²) < 4.78 is 13.0. The predicted octanol–water partition coefficient (Wildman–Crippen LogP) is 2.84. The summed E-state index contributed by atoms with van der Waals surface area (Å²) in [6.45, 7) is 5.71. The van der Waals surface area contributed by atoms with Crippen molar-refractivity contribution in [3.05, 3.63) is 29.8 Å². The van der Waals surface area contributed by atoms with Crippen molar-refractivity contribution < 1.29 is 9.47 Å². The van der Waals surface area contributed by atoms with E-state index in [9.17, 15) is 0 Å². The quantitative estimate of drug-likeness (QED) is 0.356. The van der Waals surface area contributed by atoms with Crippen LogP contribution in [0.1, 0.15) is 25.0 Å². The van der Waals surface area contributed by atoms with Crippen molar-refractivity contribution in [2.45, 2.75) is 26.8 Å². The third-order valence-corrected chi connectivity index (χ3v) is 4.80. The molecule has 2 N–H and O–H groups in total. The Kier molecular flexibility index (Phi) is 8.93.